The zero-order chi connectivity index (χ0) is 29.4. The highest BCUT2D eigenvalue weighted by Gasteiger charge is 2.33. The van der Waals surface area contributed by atoms with Crippen LogP contribution in [0.2, 0.25) is 10.0 Å². The Hall–Kier alpha value is -4.12. The monoisotopic (exact) mass is 612 g/mol. The molecule has 1 aliphatic rings. The van der Waals surface area contributed by atoms with Gasteiger partial charge in [0.15, 0.2) is 16.3 Å². The molecule has 0 spiro atoms. The molecule has 0 amide bonds. The second kappa shape index (κ2) is 11.4. The van der Waals surface area contributed by atoms with Gasteiger partial charge in [0.25, 0.3) is 5.56 Å². The molecule has 0 bridgehead atoms. The molecule has 0 saturated carbocycles. The number of hydrogen-bond donors (Lipinski definition) is 0. The Kier molecular flexibility index (Phi) is 7.90. The second-order valence-corrected chi connectivity index (χ2v) is 10.7. The number of rotatable bonds is 6. The van der Waals surface area contributed by atoms with Crippen LogP contribution in [0, 0.1) is 0 Å². The molecule has 0 aliphatic carbocycles. The van der Waals surface area contributed by atoms with E-state index < -0.39 is 23.5 Å². The Labute approximate surface area is 247 Å². The molecular formula is C29H22Cl2N2O7S. The lowest BCUT2D eigenvalue weighted by Gasteiger charge is -2.25. The summed E-state index contributed by atoms with van der Waals surface area (Å²) in [6.07, 6.45) is 1.60. The van der Waals surface area contributed by atoms with Gasteiger partial charge in [0.1, 0.15) is 11.5 Å². The zero-order valence-corrected chi connectivity index (χ0v) is 24.5. The number of carbonyl (C=O) groups is 2. The van der Waals surface area contributed by atoms with E-state index in [1.165, 1.54) is 25.7 Å². The van der Waals surface area contributed by atoms with Crippen molar-refractivity contribution < 1.29 is 28.2 Å². The fraction of sp³-hybridized carbons (Fsp3) is 0.172. The lowest BCUT2D eigenvalue weighted by Crippen LogP contribution is -2.39. The van der Waals surface area contributed by atoms with Crippen LogP contribution >= 0.6 is 34.5 Å². The van der Waals surface area contributed by atoms with Gasteiger partial charge in [-0.1, -0.05) is 46.7 Å². The first kappa shape index (κ1) is 28.4. The van der Waals surface area contributed by atoms with Crippen molar-refractivity contribution in [2.24, 2.45) is 4.99 Å². The molecule has 12 heteroatoms. The number of furan rings is 1. The maximum Gasteiger partial charge on any atom is 0.338 e. The number of esters is 2. The summed E-state index contributed by atoms with van der Waals surface area (Å²) in [4.78, 5) is 43.2. The van der Waals surface area contributed by atoms with Crippen molar-refractivity contribution in [2.75, 3.05) is 14.2 Å². The summed E-state index contributed by atoms with van der Waals surface area (Å²) in [6.45, 7) is 2.95. The van der Waals surface area contributed by atoms with Crippen LogP contribution in [0.5, 0.6) is 11.5 Å². The molecule has 1 unspecified atom stereocenters. The molecule has 4 aromatic rings. The molecule has 0 saturated heterocycles. The lowest BCUT2D eigenvalue weighted by molar-refractivity contribution is -0.136. The predicted molar refractivity (Wildman–Crippen MR) is 154 cm³/mol. The van der Waals surface area contributed by atoms with Crippen LogP contribution in [0.4, 0.5) is 0 Å². The molecule has 9 nitrogen and oxygen atoms in total. The first-order valence-corrected chi connectivity index (χ1v) is 13.7. The predicted octanol–water partition coefficient (Wildman–Crippen LogP) is 4.91. The van der Waals surface area contributed by atoms with Gasteiger partial charge in [0.2, 0.25) is 0 Å². The summed E-state index contributed by atoms with van der Waals surface area (Å²) in [5.41, 5.74) is 1.33. The first-order valence-electron chi connectivity index (χ1n) is 12.1. The number of aromatic nitrogens is 1. The largest absolute Gasteiger partial charge is 0.493 e. The second-order valence-electron chi connectivity index (χ2n) is 8.88. The van der Waals surface area contributed by atoms with Crippen molar-refractivity contribution in [3.05, 3.63) is 101 Å². The summed E-state index contributed by atoms with van der Waals surface area (Å²) in [7, 11) is 2.68. The molecule has 5 rings (SSSR count). The normalized spacial score (nSPS) is 14.9. The highest BCUT2D eigenvalue weighted by molar-refractivity contribution is 7.07. The molecule has 1 aliphatic heterocycles. The third-order valence-corrected chi connectivity index (χ3v) is 8.10. The number of nitrogens with zero attached hydrogens (tertiary/aromatic N) is 2. The number of thiazole rings is 1. The van der Waals surface area contributed by atoms with Crippen LogP contribution in [0.3, 0.4) is 0 Å². The highest BCUT2D eigenvalue weighted by Crippen LogP contribution is 2.37. The van der Waals surface area contributed by atoms with E-state index in [1.54, 1.807) is 61.5 Å². The summed E-state index contributed by atoms with van der Waals surface area (Å²) in [5, 5.41) is 0.750. The maximum atomic E-state index is 13.8. The minimum absolute atomic E-state index is 0.185. The van der Waals surface area contributed by atoms with Crippen molar-refractivity contribution in [2.45, 2.75) is 19.9 Å². The van der Waals surface area contributed by atoms with Crippen LogP contribution in [-0.2, 0) is 14.3 Å². The summed E-state index contributed by atoms with van der Waals surface area (Å²) in [5.74, 6) is 0.190. The zero-order valence-electron chi connectivity index (χ0n) is 22.2. The van der Waals surface area contributed by atoms with Crippen LogP contribution in [0.1, 0.15) is 31.2 Å². The van der Waals surface area contributed by atoms with E-state index in [9.17, 15) is 14.4 Å². The van der Waals surface area contributed by atoms with Crippen molar-refractivity contribution in [1.29, 1.82) is 0 Å². The topological polar surface area (TPSA) is 109 Å². The van der Waals surface area contributed by atoms with Gasteiger partial charge in [-0.15, -0.1) is 0 Å². The van der Waals surface area contributed by atoms with E-state index in [4.69, 9.17) is 41.8 Å². The molecular weight excluding hydrogens is 591 g/mol. The fourth-order valence-electron chi connectivity index (χ4n) is 4.50. The van der Waals surface area contributed by atoms with Gasteiger partial charge in [-0.3, -0.25) is 14.2 Å². The molecule has 3 heterocycles. The molecule has 210 valence electrons. The van der Waals surface area contributed by atoms with Crippen LogP contribution in [0.15, 0.2) is 74.0 Å². The van der Waals surface area contributed by atoms with E-state index in [0.717, 1.165) is 11.3 Å². The summed E-state index contributed by atoms with van der Waals surface area (Å²) >= 11 is 13.6. The standard InChI is InChI=1S/C29H22Cl2N2O7S/c1-14-24(28(36)38-4)26(16-8-10-21(39-15(2)34)22(12-16)37-3)33-27(35)23(41-29(33)32-14)13-17-9-11-20(40-17)18-6-5-7-19(30)25(18)31/h5-13,26H,1-4H3. The van der Waals surface area contributed by atoms with E-state index >= 15 is 0 Å². The van der Waals surface area contributed by atoms with Gasteiger partial charge in [-0.05, 0) is 48.9 Å². The fourth-order valence-corrected chi connectivity index (χ4v) is 5.92. The van der Waals surface area contributed by atoms with Crippen molar-refractivity contribution >= 4 is 52.6 Å². The molecule has 0 radical (unpaired) electrons. The Morgan fingerprint density at radius 3 is 2.59 bits per heavy atom. The summed E-state index contributed by atoms with van der Waals surface area (Å²) < 4.78 is 23.4. The Morgan fingerprint density at radius 1 is 1.10 bits per heavy atom. The third kappa shape index (κ3) is 5.33. The van der Waals surface area contributed by atoms with Crippen molar-refractivity contribution in [1.82, 2.24) is 4.57 Å². The van der Waals surface area contributed by atoms with Crippen molar-refractivity contribution in [3.8, 4) is 22.8 Å². The van der Waals surface area contributed by atoms with Crippen LogP contribution in [-0.4, -0.2) is 30.7 Å². The van der Waals surface area contributed by atoms with Gasteiger partial charge < -0.3 is 18.6 Å². The van der Waals surface area contributed by atoms with E-state index in [-0.39, 0.29) is 17.1 Å². The quantitative estimate of drug-likeness (QED) is 0.225. The first-order chi connectivity index (χ1) is 19.6. The Morgan fingerprint density at radius 2 is 1.88 bits per heavy atom. The number of methoxy groups -OCH3 is 2. The van der Waals surface area contributed by atoms with Crippen LogP contribution < -0.4 is 24.4 Å². The maximum absolute atomic E-state index is 13.8. The number of allylic oxidation sites excluding steroid dienone is 1. The number of hydrogen-bond acceptors (Lipinski definition) is 9. The smallest absolute Gasteiger partial charge is 0.338 e. The minimum atomic E-state index is -0.890. The number of fused-ring (bicyclic) bond motifs is 1. The summed E-state index contributed by atoms with van der Waals surface area (Å²) in [6, 6.07) is 12.6. The van der Waals surface area contributed by atoms with Gasteiger partial charge in [-0.2, -0.15) is 0 Å². The Bertz CT molecular complexity index is 1920. The highest BCUT2D eigenvalue weighted by atomic mass is 35.5. The van der Waals surface area contributed by atoms with E-state index in [2.05, 4.69) is 4.99 Å². The molecule has 0 N–H and O–H groups in total. The average Bonchev–Trinajstić information content (AvgIpc) is 3.53. The van der Waals surface area contributed by atoms with Gasteiger partial charge in [-0.25, -0.2) is 9.79 Å². The van der Waals surface area contributed by atoms with E-state index in [0.29, 0.717) is 47.7 Å². The van der Waals surface area contributed by atoms with E-state index in [1.807, 2.05) is 0 Å². The Balaban J connectivity index is 1.65. The number of ether oxygens (including phenoxy) is 3. The third-order valence-electron chi connectivity index (χ3n) is 6.30. The molecule has 2 aromatic carbocycles. The molecule has 41 heavy (non-hydrogen) atoms. The minimum Gasteiger partial charge on any atom is -0.493 e. The van der Waals surface area contributed by atoms with Crippen molar-refractivity contribution in [3.63, 3.8) is 0 Å². The number of halogens is 2. The average molecular weight is 613 g/mol. The number of benzene rings is 2. The van der Waals surface area contributed by atoms with Gasteiger partial charge in [0.05, 0.1) is 46.1 Å². The molecule has 0 fully saturated rings. The van der Waals surface area contributed by atoms with Crippen LogP contribution in [0.25, 0.3) is 17.4 Å². The molecule has 2 aromatic heterocycles. The van der Waals surface area contributed by atoms with Gasteiger partial charge in [0, 0.05) is 18.6 Å². The number of carbonyl (C=O) groups excluding carboxylic acids is 2. The van der Waals surface area contributed by atoms with Gasteiger partial charge >= 0.3 is 11.9 Å². The SMILES string of the molecule is COC(=O)C1=C(C)N=c2sc(=Cc3ccc(-c4cccc(Cl)c4Cl)o3)c(=O)n2C1c1ccc(OC(C)=O)c(OC)c1. The molecule has 1 atom stereocenters. The lowest BCUT2D eigenvalue weighted by atomic mass is 9.95.